The molecule has 1 aliphatic carbocycles. The van der Waals surface area contributed by atoms with Crippen LogP contribution in [0.2, 0.25) is 10.0 Å². The Balaban J connectivity index is 0.00000210. The number of rotatable bonds is 3. The van der Waals surface area contributed by atoms with Gasteiger partial charge in [0, 0.05) is 18.3 Å². The first-order valence-electron chi connectivity index (χ1n) is 8.70. The van der Waals surface area contributed by atoms with Crippen molar-refractivity contribution in [1.29, 1.82) is 0 Å². The molecule has 1 saturated carbocycles. The number of aromatic nitrogens is 3. The molecule has 142 valence electrons. The minimum Gasteiger partial charge on any atom is -0.365 e. The highest BCUT2D eigenvalue weighted by Crippen LogP contribution is 2.32. The van der Waals surface area contributed by atoms with E-state index < -0.39 is 0 Å². The lowest BCUT2D eigenvalue weighted by Crippen LogP contribution is -2.33. The molecule has 0 saturated heterocycles. The lowest BCUT2D eigenvalue weighted by molar-refractivity contribution is 0.410. The van der Waals surface area contributed by atoms with E-state index in [-0.39, 0.29) is 12.4 Å². The van der Waals surface area contributed by atoms with Crippen molar-refractivity contribution in [1.82, 2.24) is 15.0 Å². The molecule has 1 aromatic carbocycles. The van der Waals surface area contributed by atoms with Crippen LogP contribution in [0.5, 0.6) is 0 Å². The smallest absolute Gasteiger partial charge is 0.155 e. The normalized spacial score (nSPS) is 19.5. The molecule has 3 aromatic rings. The van der Waals surface area contributed by atoms with Crippen LogP contribution in [0.25, 0.3) is 22.4 Å². The van der Waals surface area contributed by atoms with E-state index in [1.165, 1.54) is 0 Å². The van der Waals surface area contributed by atoms with E-state index in [4.69, 9.17) is 38.9 Å². The van der Waals surface area contributed by atoms with E-state index >= 15 is 0 Å². The summed E-state index contributed by atoms with van der Waals surface area (Å²) in [4.78, 5) is 14.0. The third kappa shape index (κ3) is 4.43. The molecule has 0 radical (unpaired) electrons. The van der Waals surface area contributed by atoms with E-state index in [2.05, 4.69) is 10.3 Å². The number of hydrogen-bond acceptors (Lipinski definition) is 5. The number of pyridine rings is 1. The average Bonchev–Trinajstić information content (AvgIpc) is 2.65. The summed E-state index contributed by atoms with van der Waals surface area (Å²) >= 11 is 12.3. The average molecular weight is 425 g/mol. The molecule has 0 aliphatic heterocycles. The standard InChI is InChI=1S/C19H19Cl2N5.ClH/c20-13-9-16-17(10-14(13)21)26-19(24-12-6-4-11(22)5-7-12)18(25-16)15-3-1-2-8-23-15;/h1-3,8-12H,4-7,22H2,(H,24,26);1H. The number of anilines is 1. The van der Waals surface area contributed by atoms with Gasteiger partial charge in [0.2, 0.25) is 0 Å². The maximum atomic E-state index is 6.16. The van der Waals surface area contributed by atoms with Crippen LogP contribution >= 0.6 is 35.6 Å². The van der Waals surface area contributed by atoms with Crippen molar-refractivity contribution < 1.29 is 0 Å². The fourth-order valence-electron chi connectivity index (χ4n) is 3.29. The Morgan fingerprint density at radius 2 is 1.63 bits per heavy atom. The van der Waals surface area contributed by atoms with Crippen molar-refractivity contribution >= 4 is 52.5 Å². The van der Waals surface area contributed by atoms with Gasteiger partial charge in [-0.25, -0.2) is 9.97 Å². The molecule has 8 heteroatoms. The van der Waals surface area contributed by atoms with Crippen LogP contribution in [-0.4, -0.2) is 27.0 Å². The molecule has 5 nitrogen and oxygen atoms in total. The Kier molecular flexibility index (Phi) is 6.37. The predicted octanol–water partition coefficient (Wildman–Crippen LogP) is 5.10. The third-order valence-corrected chi connectivity index (χ3v) is 5.45. The fourth-order valence-corrected chi connectivity index (χ4v) is 3.61. The van der Waals surface area contributed by atoms with Crippen LogP contribution in [0.1, 0.15) is 25.7 Å². The van der Waals surface area contributed by atoms with Crippen molar-refractivity contribution in [2.45, 2.75) is 37.8 Å². The number of hydrogen-bond donors (Lipinski definition) is 2. The first kappa shape index (κ1) is 20.1. The van der Waals surface area contributed by atoms with Gasteiger partial charge >= 0.3 is 0 Å². The number of nitrogens with two attached hydrogens (primary N) is 1. The van der Waals surface area contributed by atoms with Crippen molar-refractivity contribution in [3.05, 3.63) is 46.6 Å². The molecule has 1 fully saturated rings. The first-order valence-corrected chi connectivity index (χ1v) is 9.46. The Bertz CT molecular complexity index is 928. The second kappa shape index (κ2) is 8.57. The molecular weight excluding hydrogens is 405 g/mol. The number of halogens is 3. The summed E-state index contributed by atoms with van der Waals surface area (Å²) in [6.45, 7) is 0. The van der Waals surface area contributed by atoms with Crippen molar-refractivity contribution in [2.75, 3.05) is 5.32 Å². The SMILES string of the molecule is Cl.NC1CCC(Nc2nc3cc(Cl)c(Cl)cc3nc2-c2ccccn2)CC1. The van der Waals surface area contributed by atoms with Gasteiger partial charge in [0.1, 0.15) is 5.69 Å². The zero-order valence-corrected chi connectivity index (χ0v) is 16.9. The second-order valence-corrected chi connectivity index (χ2v) is 7.46. The van der Waals surface area contributed by atoms with Gasteiger partial charge in [0.15, 0.2) is 5.82 Å². The summed E-state index contributed by atoms with van der Waals surface area (Å²) in [6, 6.07) is 9.85. The van der Waals surface area contributed by atoms with E-state index in [1.807, 2.05) is 18.2 Å². The van der Waals surface area contributed by atoms with Crippen LogP contribution in [-0.2, 0) is 0 Å². The summed E-state index contributed by atoms with van der Waals surface area (Å²) in [5.41, 5.74) is 8.90. The van der Waals surface area contributed by atoms with Gasteiger partial charge in [-0.2, -0.15) is 0 Å². The number of nitrogens with zero attached hydrogens (tertiary/aromatic N) is 3. The van der Waals surface area contributed by atoms with Gasteiger partial charge in [-0.15, -0.1) is 12.4 Å². The molecule has 2 aromatic heterocycles. The Morgan fingerprint density at radius 1 is 0.963 bits per heavy atom. The molecule has 3 N–H and O–H groups in total. The fraction of sp³-hybridized carbons (Fsp3) is 0.316. The minimum atomic E-state index is 0. The van der Waals surface area contributed by atoms with Crippen LogP contribution in [0.4, 0.5) is 5.82 Å². The number of benzene rings is 1. The maximum Gasteiger partial charge on any atom is 0.155 e. The highest BCUT2D eigenvalue weighted by Gasteiger charge is 2.21. The molecule has 0 bridgehead atoms. The van der Waals surface area contributed by atoms with Crippen molar-refractivity contribution in [2.24, 2.45) is 5.73 Å². The molecule has 27 heavy (non-hydrogen) atoms. The highest BCUT2D eigenvalue weighted by atomic mass is 35.5. The van der Waals surface area contributed by atoms with E-state index in [9.17, 15) is 0 Å². The summed E-state index contributed by atoms with van der Waals surface area (Å²) in [5, 5.41) is 4.48. The number of fused-ring (bicyclic) bond motifs is 1. The van der Waals surface area contributed by atoms with Gasteiger partial charge in [0.25, 0.3) is 0 Å². The lowest BCUT2D eigenvalue weighted by Gasteiger charge is -2.27. The number of nitrogens with one attached hydrogen (secondary N) is 1. The zero-order valence-electron chi connectivity index (χ0n) is 14.5. The van der Waals surface area contributed by atoms with Gasteiger partial charge in [0.05, 0.1) is 26.8 Å². The topological polar surface area (TPSA) is 76.7 Å². The van der Waals surface area contributed by atoms with Crippen LogP contribution < -0.4 is 11.1 Å². The molecule has 0 atom stereocenters. The summed E-state index contributed by atoms with van der Waals surface area (Å²) < 4.78 is 0. The van der Waals surface area contributed by atoms with Gasteiger partial charge in [-0.05, 0) is 49.9 Å². The summed E-state index contributed by atoms with van der Waals surface area (Å²) in [6.07, 6.45) is 5.81. The maximum absolute atomic E-state index is 6.16. The summed E-state index contributed by atoms with van der Waals surface area (Å²) in [7, 11) is 0. The predicted molar refractivity (Wildman–Crippen MR) is 114 cm³/mol. The summed E-state index contributed by atoms with van der Waals surface area (Å²) in [5.74, 6) is 0.718. The second-order valence-electron chi connectivity index (χ2n) is 6.65. The first-order chi connectivity index (χ1) is 12.6. The van der Waals surface area contributed by atoms with Crippen LogP contribution in [0.3, 0.4) is 0 Å². The van der Waals surface area contributed by atoms with Gasteiger partial charge in [-0.1, -0.05) is 29.3 Å². The molecule has 1 aliphatic rings. The Labute approximate surface area is 174 Å². The monoisotopic (exact) mass is 423 g/mol. The molecule has 0 amide bonds. The lowest BCUT2D eigenvalue weighted by atomic mass is 9.92. The largest absolute Gasteiger partial charge is 0.365 e. The molecule has 4 rings (SSSR count). The van der Waals surface area contributed by atoms with Crippen molar-refractivity contribution in [3.8, 4) is 11.4 Å². The molecule has 0 spiro atoms. The van der Waals surface area contributed by atoms with Crippen molar-refractivity contribution in [3.63, 3.8) is 0 Å². The molecule has 0 unspecified atom stereocenters. The molecule has 2 heterocycles. The zero-order chi connectivity index (χ0) is 18.1. The Hall–Kier alpha value is -1.66. The minimum absolute atomic E-state index is 0. The third-order valence-electron chi connectivity index (χ3n) is 4.73. The van der Waals surface area contributed by atoms with E-state index in [0.717, 1.165) is 37.2 Å². The highest BCUT2D eigenvalue weighted by molar-refractivity contribution is 6.42. The van der Waals surface area contributed by atoms with Gasteiger partial charge in [-0.3, -0.25) is 4.98 Å². The van der Waals surface area contributed by atoms with Crippen LogP contribution in [0.15, 0.2) is 36.5 Å². The van der Waals surface area contributed by atoms with Gasteiger partial charge < -0.3 is 11.1 Å². The quantitative estimate of drug-likeness (QED) is 0.611. The van der Waals surface area contributed by atoms with E-state index in [1.54, 1.807) is 18.3 Å². The Morgan fingerprint density at radius 3 is 2.26 bits per heavy atom. The van der Waals surface area contributed by atoms with Crippen LogP contribution in [0, 0.1) is 0 Å². The molecular formula is C19H20Cl3N5. The van der Waals surface area contributed by atoms with E-state index in [0.29, 0.717) is 38.9 Å².